The second-order valence-corrected chi connectivity index (χ2v) is 3.34. The number of rotatable bonds is 0. The highest BCUT2D eigenvalue weighted by Crippen LogP contribution is 2.36. The number of ether oxygens (including phenoxy) is 1. The lowest BCUT2D eigenvalue weighted by molar-refractivity contribution is 0.332. The fourth-order valence-electron chi connectivity index (χ4n) is 1.40. The predicted molar refractivity (Wildman–Crippen MR) is 48.6 cm³/mol. The number of nitrogens with two attached hydrogens (primary N) is 1. The van der Waals surface area contributed by atoms with Crippen molar-refractivity contribution in [2.24, 2.45) is 5.73 Å². The fraction of sp³-hybridized carbons (Fsp3) is 0.222. The van der Waals surface area contributed by atoms with Crippen LogP contribution in [0.5, 0.6) is 5.75 Å². The van der Waals surface area contributed by atoms with Crippen LogP contribution in [-0.4, -0.2) is 6.61 Å². The Kier molecular flexibility index (Phi) is 1.87. The summed E-state index contributed by atoms with van der Waals surface area (Å²) in [5.74, 6) is 0.583. The van der Waals surface area contributed by atoms with Crippen LogP contribution in [0.1, 0.15) is 17.2 Å². The second kappa shape index (κ2) is 2.91. The summed E-state index contributed by atoms with van der Waals surface area (Å²) in [5, 5.41) is 9.31. The largest absolute Gasteiger partial charge is 0.490 e. The zero-order valence-electron chi connectivity index (χ0n) is 6.75. The fourth-order valence-corrected chi connectivity index (χ4v) is 1.62. The first-order valence-corrected chi connectivity index (χ1v) is 4.22. The maximum atomic E-state index is 8.78. The number of nitriles is 1. The van der Waals surface area contributed by atoms with Gasteiger partial charge >= 0.3 is 0 Å². The Labute approximate surface area is 80.7 Å². The summed E-state index contributed by atoms with van der Waals surface area (Å²) >= 11 is 5.81. The van der Waals surface area contributed by atoms with Gasteiger partial charge in [0.25, 0.3) is 0 Å². The molecule has 13 heavy (non-hydrogen) atoms. The molecule has 1 aliphatic rings. The van der Waals surface area contributed by atoms with Crippen LogP contribution in [0.4, 0.5) is 0 Å². The van der Waals surface area contributed by atoms with Crippen LogP contribution in [0.3, 0.4) is 0 Å². The van der Waals surface area contributed by atoms with Crippen molar-refractivity contribution in [2.45, 2.75) is 6.04 Å². The Bertz CT molecular complexity index is 397. The molecule has 1 atom stereocenters. The molecular formula is C9H7ClN2O. The van der Waals surface area contributed by atoms with Crippen LogP contribution in [0.2, 0.25) is 5.02 Å². The highest BCUT2D eigenvalue weighted by molar-refractivity contribution is 6.30. The van der Waals surface area contributed by atoms with E-state index in [0.717, 1.165) is 5.56 Å². The molecule has 3 nitrogen and oxygen atoms in total. The number of halogens is 1. The molecule has 0 spiro atoms. The molecule has 1 aromatic rings. The van der Waals surface area contributed by atoms with E-state index in [1.165, 1.54) is 0 Å². The van der Waals surface area contributed by atoms with Crippen molar-refractivity contribution in [1.29, 1.82) is 5.26 Å². The van der Waals surface area contributed by atoms with Crippen LogP contribution in [-0.2, 0) is 0 Å². The Hall–Kier alpha value is -1.24. The Morgan fingerprint density at radius 3 is 3.08 bits per heavy atom. The molecule has 0 unspecified atom stereocenters. The van der Waals surface area contributed by atoms with Crippen LogP contribution in [0.25, 0.3) is 0 Å². The standard InChI is InChI=1S/C9H7ClN2O/c10-6-1-5(3-11)9-7(2-6)8(12)4-13-9/h1-2,8H,4,12H2/t8-/m1/s1. The van der Waals surface area contributed by atoms with E-state index in [9.17, 15) is 0 Å². The average molecular weight is 195 g/mol. The zero-order chi connectivity index (χ0) is 9.42. The molecule has 1 aromatic carbocycles. The van der Waals surface area contributed by atoms with Gasteiger partial charge in [-0.05, 0) is 12.1 Å². The van der Waals surface area contributed by atoms with Crippen molar-refractivity contribution in [3.8, 4) is 11.8 Å². The number of benzene rings is 1. The van der Waals surface area contributed by atoms with Crippen molar-refractivity contribution in [3.05, 3.63) is 28.3 Å². The number of nitrogens with zero attached hydrogens (tertiary/aromatic N) is 1. The molecule has 0 bridgehead atoms. The summed E-state index contributed by atoms with van der Waals surface area (Å²) in [5.41, 5.74) is 7.02. The van der Waals surface area contributed by atoms with Gasteiger partial charge in [-0.2, -0.15) is 5.26 Å². The van der Waals surface area contributed by atoms with Gasteiger partial charge in [-0.1, -0.05) is 11.6 Å². The number of fused-ring (bicyclic) bond motifs is 1. The molecule has 0 fully saturated rings. The summed E-state index contributed by atoms with van der Waals surface area (Å²) in [6, 6.07) is 5.18. The summed E-state index contributed by atoms with van der Waals surface area (Å²) in [7, 11) is 0. The summed E-state index contributed by atoms with van der Waals surface area (Å²) < 4.78 is 5.28. The van der Waals surface area contributed by atoms with Gasteiger partial charge < -0.3 is 10.5 Å². The van der Waals surface area contributed by atoms with E-state index in [-0.39, 0.29) is 6.04 Å². The highest BCUT2D eigenvalue weighted by Gasteiger charge is 2.24. The van der Waals surface area contributed by atoms with Crippen molar-refractivity contribution >= 4 is 11.6 Å². The molecule has 0 aromatic heterocycles. The monoisotopic (exact) mass is 194 g/mol. The molecular weight excluding hydrogens is 188 g/mol. The van der Waals surface area contributed by atoms with Crippen molar-refractivity contribution < 1.29 is 4.74 Å². The first-order chi connectivity index (χ1) is 6.22. The summed E-state index contributed by atoms with van der Waals surface area (Å²) in [6.45, 7) is 0.421. The Balaban J connectivity index is 2.65. The van der Waals surface area contributed by atoms with E-state index >= 15 is 0 Å². The topological polar surface area (TPSA) is 59.0 Å². The van der Waals surface area contributed by atoms with E-state index in [2.05, 4.69) is 0 Å². The van der Waals surface area contributed by atoms with E-state index in [1.807, 2.05) is 6.07 Å². The zero-order valence-corrected chi connectivity index (χ0v) is 7.51. The first kappa shape index (κ1) is 8.36. The predicted octanol–water partition coefficient (Wildman–Crippen LogP) is 1.60. The summed E-state index contributed by atoms with van der Waals surface area (Å²) in [4.78, 5) is 0. The van der Waals surface area contributed by atoms with Gasteiger partial charge in [0.15, 0.2) is 0 Å². The third-order valence-corrected chi connectivity index (χ3v) is 2.23. The maximum absolute atomic E-state index is 8.78. The first-order valence-electron chi connectivity index (χ1n) is 3.84. The van der Waals surface area contributed by atoms with Gasteiger partial charge in [-0.15, -0.1) is 0 Å². The minimum absolute atomic E-state index is 0.166. The molecule has 4 heteroatoms. The molecule has 0 saturated carbocycles. The highest BCUT2D eigenvalue weighted by atomic mass is 35.5. The normalized spacial score (nSPS) is 19.0. The van der Waals surface area contributed by atoms with Crippen molar-refractivity contribution in [3.63, 3.8) is 0 Å². The lowest BCUT2D eigenvalue weighted by Crippen LogP contribution is -2.10. The number of hydrogen-bond donors (Lipinski definition) is 1. The third-order valence-electron chi connectivity index (χ3n) is 2.01. The van der Waals surface area contributed by atoms with Gasteiger partial charge in [0.1, 0.15) is 18.4 Å². The van der Waals surface area contributed by atoms with Gasteiger partial charge in [0.05, 0.1) is 11.6 Å². The van der Waals surface area contributed by atoms with Crippen molar-refractivity contribution in [1.82, 2.24) is 0 Å². The molecule has 0 aliphatic carbocycles. The van der Waals surface area contributed by atoms with Gasteiger partial charge in [0.2, 0.25) is 0 Å². The van der Waals surface area contributed by atoms with Crippen LogP contribution < -0.4 is 10.5 Å². The molecule has 2 rings (SSSR count). The molecule has 66 valence electrons. The van der Waals surface area contributed by atoms with Crippen LogP contribution in [0.15, 0.2) is 12.1 Å². The SMILES string of the molecule is N#Cc1cc(Cl)cc2c1OC[C@H]2N. The second-order valence-electron chi connectivity index (χ2n) is 2.90. The van der Waals surface area contributed by atoms with E-state index in [4.69, 9.17) is 27.3 Å². The van der Waals surface area contributed by atoms with Gasteiger partial charge in [-0.25, -0.2) is 0 Å². The minimum Gasteiger partial charge on any atom is -0.490 e. The number of hydrogen-bond acceptors (Lipinski definition) is 3. The molecule has 1 aliphatic heterocycles. The molecule has 0 radical (unpaired) electrons. The lowest BCUT2D eigenvalue weighted by atomic mass is 10.1. The van der Waals surface area contributed by atoms with Crippen LogP contribution in [0, 0.1) is 11.3 Å². The molecule has 1 heterocycles. The Morgan fingerprint density at radius 2 is 2.38 bits per heavy atom. The average Bonchev–Trinajstić information content (AvgIpc) is 2.47. The summed E-state index contributed by atoms with van der Waals surface area (Å²) in [6.07, 6.45) is 0. The molecule has 2 N–H and O–H groups in total. The lowest BCUT2D eigenvalue weighted by Gasteiger charge is -2.02. The van der Waals surface area contributed by atoms with E-state index in [0.29, 0.717) is 22.9 Å². The van der Waals surface area contributed by atoms with E-state index in [1.54, 1.807) is 12.1 Å². The minimum atomic E-state index is -0.166. The quantitative estimate of drug-likeness (QED) is 0.683. The van der Waals surface area contributed by atoms with Gasteiger partial charge in [0, 0.05) is 10.6 Å². The van der Waals surface area contributed by atoms with Gasteiger partial charge in [-0.3, -0.25) is 0 Å². The molecule has 0 amide bonds. The van der Waals surface area contributed by atoms with Crippen molar-refractivity contribution in [2.75, 3.05) is 6.61 Å². The van der Waals surface area contributed by atoms with Crippen LogP contribution >= 0.6 is 11.6 Å². The third kappa shape index (κ3) is 1.24. The Morgan fingerprint density at radius 1 is 1.62 bits per heavy atom. The smallest absolute Gasteiger partial charge is 0.142 e. The van der Waals surface area contributed by atoms with E-state index < -0.39 is 0 Å². The maximum Gasteiger partial charge on any atom is 0.142 e. The molecule has 0 saturated heterocycles.